The van der Waals surface area contributed by atoms with Gasteiger partial charge in [-0.3, -0.25) is 14.5 Å². The molecule has 7 nitrogen and oxygen atoms in total. The second-order valence-electron chi connectivity index (χ2n) is 5.41. The SMILES string of the molecule is CCC(C)(O)CNC(=O)CCCN1C(=O)CN(C)C1=O. The molecule has 1 aliphatic rings. The molecule has 1 atom stereocenters. The lowest BCUT2D eigenvalue weighted by atomic mass is 10.0. The maximum absolute atomic E-state index is 11.6. The topological polar surface area (TPSA) is 89.9 Å². The van der Waals surface area contributed by atoms with Gasteiger partial charge in [0.25, 0.3) is 0 Å². The molecule has 20 heavy (non-hydrogen) atoms. The highest BCUT2D eigenvalue weighted by molar-refractivity contribution is 6.01. The molecule has 0 saturated carbocycles. The van der Waals surface area contributed by atoms with Crippen molar-refractivity contribution in [2.45, 2.75) is 38.7 Å². The van der Waals surface area contributed by atoms with E-state index in [1.807, 2.05) is 6.92 Å². The van der Waals surface area contributed by atoms with E-state index in [1.165, 1.54) is 4.90 Å². The minimum atomic E-state index is -0.904. The lowest BCUT2D eigenvalue weighted by molar-refractivity contribution is -0.126. The van der Waals surface area contributed by atoms with E-state index in [0.717, 1.165) is 4.90 Å². The van der Waals surface area contributed by atoms with Gasteiger partial charge in [0.2, 0.25) is 11.8 Å². The highest BCUT2D eigenvalue weighted by atomic mass is 16.3. The van der Waals surface area contributed by atoms with E-state index in [0.29, 0.717) is 12.8 Å². The largest absolute Gasteiger partial charge is 0.388 e. The van der Waals surface area contributed by atoms with Crippen LogP contribution in [0.25, 0.3) is 0 Å². The number of nitrogens with zero attached hydrogens (tertiary/aromatic N) is 2. The third-order valence-electron chi connectivity index (χ3n) is 3.44. The third kappa shape index (κ3) is 4.48. The summed E-state index contributed by atoms with van der Waals surface area (Å²) < 4.78 is 0. The van der Waals surface area contributed by atoms with Gasteiger partial charge < -0.3 is 15.3 Å². The van der Waals surface area contributed by atoms with Crippen LogP contribution >= 0.6 is 0 Å². The Hall–Kier alpha value is -1.63. The maximum Gasteiger partial charge on any atom is 0.326 e. The molecule has 0 radical (unpaired) electrons. The fourth-order valence-electron chi connectivity index (χ4n) is 1.79. The number of hydrogen-bond acceptors (Lipinski definition) is 4. The number of amides is 4. The Labute approximate surface area is 118 Å². The summed E-state index contributed by atoms with van der Waals surface area (Å²) in [5.41, 5.74) is -0.904. The molecule has 0 aliphatic carbocycles. The molecular formula is C13H23N3O4. The smallest absolute Gasteiger partial charge is 0.326 e. The lowest BCUT2D eigenvalue weighted by Gasteiger charge is -2.21. The molecule has 4 amide bonds. The molecular weight excluding hydrogens is 262 g/mol. The average Bonchev–Trinajstić information content (AvgIpc) is 2.63. The van der Waals surface area contributed by atoms with E-state index in [2.05, 4.69) is 5.32 Å². The van der Waals surface area contributed by atoms with Crippen molar-refractivity contribution in [2.75, 3.05) is 26.7 Å². The molecule has 0 bridgehead atoms. The highest BCUT2D eigenvalue weighted by Crippen LogP contribution is 2.09. The summed E-state index contributed by atoms with van der Waals surface area (Å²) in [6.07, 6.45) is 1.20. The first-order chi connectivity index (χ1) is 9.26. The van der Waals surface area contributed by atoms with E-state index in [-0.39, 0.29) is 43.9 Å². The van der Waals surface area contributed by atoms with Gasteiger partial charge in [-0.25, -0.2) is 4.79 Å². The van der Waals surface area contributed by atoms with Crippen LogP contribution in [0.5, 0.6) is 0 Å². The number of carbonyl (C=O) groups is 3. The maximum atomic E-state index is 11.6. The average molecular weight is 285 g/mol. The molecule has 0 spiro atoms. The zero-order valence-electron chi connectivity index (χ0n) is 12.3. The summed E-state index contributed by atoms with van der Waals surface area (Å²) in [7, 11) is 1.57. The van der Waals surface area contributed by atoms with Crippen LogP contribution < -0.4 is 5.32 Å². The van der Waals surface area contributed by atoms with Crippen molar-refractivity contribution in [3.8, 4) is 0 Å². The number of rotatable bonds is 7. The standard InChI is InChI=1S/C13H23N3O4/c1-4-13(2,20)9-14-10(17)6-5-7-16-11(18)8-15(3)12(16)19/h20H,4-9H2,1-3H3,(H,14,17). The Bertz CT molecular complexity index is 395. The Morgan fingerprint density at radius 3 is 2.60 bits per heavy atom. The van der Waals surface area contributed by atoms with Gasteiger partial charge in [0.1, 0.15) is 6.54 Å². The van der Waals surface area contributed by atoms with E-state index < -0.39 is 5.60 Å². The Morgan fingerprint density at radius 1 is 1.45 bits per heavy atom. The molecule has 1 saturated heterocycles. The molecule has 2 N–H and O–H groups in total. The molecule has 1 fully saturated rings. The molecule has 114 valence electrons. The van der Waals surface area contributed by atoms with Crippen LogP contribution in [0.4, 0.5) is 4.79 Å². The first-order valence-electron chi connectivity index (χ1n) is 6.81. The van der Waals surface area contributed by atoms with Gasteiger partial charge >= 0.3 is 6.03 Å². The molecule has 1 heterocycles. The summed E-state index contributed by atoms with van der Waals surface area (Å²) in [5, 5.41) is 12.4. The third-order valence-corrected chi connectivity index (χ3v) is 3.44. The first kappa shape index (κ1) is 16.4. The molecule has 0 aromatic rings. The minimum Gasteiger partial charge on any atom is -0.388 e. The fraction of sp³-hybridized carbons (Fsp3) is 0.769. The summed E-state index contributed by atoms with van der Waals surface area (Å²) in [4.78, 5) is 37.2. The molecule has 1 aliphatic heterocycles. The summed E-state index contributed by atoms with van der Waals surface area (Å²) in [6, 6.07) is -0.315. The predicted octanol–water partition coefficient (Wildman–Crippen LogP) is -0.0622. The Morgan fingerprint density at radius 2 is 2.10 bits per heavy atom. The number of carbonyl (C=O) groups excluding carboxylic acids is 3. The zero-order chi connectivity index (χ0) is 15.3. The van der Waals surface area contributed by atoms with Crippen LogP contribution in [0, 0.1) is 0 Å². The molecule has 0 aromatic heterocycles. The number of likely N-dealkylation sites (N-methyl/N-ethyl adjacent to an activating group) is 1. The summed E-state index contributed by atoms with van der Waals surface area (Å²) in [6.45, 7) is 4.05. The molecule has 7 heteroatoms. The van der Waals surface area contributed by atoms with Crippen molar-refractivity contribution in [2.24, 2.45) is 0 Å². The Kier molecular flexibility index (Phi) is 5.50. The predicted molar refractivity (Wildman–Crippen MR) is 72.9 cm³/mol. The highest BCUT2D eigenvalue weighted by Gasteiger charge is 2.32. The van der Waals surface area contributed by atoms with Crippen molar-refractivity contribution in [3.05, 3.63) is 0 Å². The second kappa shape index (κ2) is 6.69. The van der Waals surface area contributed by atoms with Crippen molar-refractivity contribution >= 4 is 17.8 Å². The lowest BCUT2D eigenvalue weighted by Crippen LogP contribution is -2.40. The van der Waals surface area contributed by atoms with Crippen molar-refractivity contribution in [1.29, 1.82) is 0 Å². The van der Waals surface area contributed by atoms with Crippen molar-refractivity contribution < 1.29 is 19.5 Å². The van der Waals surface area contributed by atoms with Crippen LogP contribution in [0.15, 0.2) is 0 Å². The van der Waals surface area contributed by atoms with Gasteiger partial charge in [0.05, 0.1) is 5.60 Å². The van der Waals surface area contributed by atoms with E-state index >= 15 is 0 Å². The van der Waals surface area contributed by atoms with Gasteiger partial charge in [-0.15, -0.1) is 0 Å². The van der Waals surface area contributed by atoms with Gasteiger partial charge in [-0.05, 0) is 19.8 Å². The zero-order valence-corrected chi connectivity index (χ0v) is 12.3. The number of nitrogens with one attached hydrogen (secondary N) is 1. The quantitative estimate of drug-likeness (QED) is 0.641. The number of hydrogen-bond donors (Lipinski definition) is 2. The van der Waals surface area contributed by atoms with E-state index in [4.69, 9.17) is 0 Å². The van der Waals surface area contributed by atoms with Crippen LogP contribution in [0.3, 0.4) is 0 Å². The van der Waals surface area contributed by atoms with E-state index in [9.17, 15) is 19.5 Å². The van der Waals surface area contributed by atoms with Crippen LogP contribution in [-0.4, -0.2) is 65.0 Å². The number of imide groups is 1. The molecule has 1 rings (SSSR count). The summed E-state index contributed by atoms with van der Waals surface area (Å²) in [5.74, 6) is -0.419. The van der Waals surface area contributed by atoms with Crippen molar-refractivity contribution in [3.63, 3.8) is 0 Å². The van der Waals surface area contributed by atoms with Crippen LogP contribution in [-0.2, 0) is 9.59 Å². The van der Waals surface area contributed by atoms with Gasteiger partial charge in [-0.2, -0.15) is 0 Å². The van der Waals surface area contributed by atoms with Gasteiger partial charge in [-0.1, -0.05) is 6.92 Å². The second-order valence-corrected chi connectivity index (χ2v) is 5.41. The summed E-state index contributed by atoms with van der Waals surface area (Å²) >= 11 is 0. The van der Waals surface area contributed by atoms with Crippen LogP contribution in [0.2, 0.25) is 0 Å². The van der Waals surface area contributed by atoms with Gasteiger partial charge in [0, 0.05) is 26.6 Å². The Balaban J connectivity index is 2.26. The monoisotopic (exact) mass is 285 g/mol. The fourth-order valence-corrected chi connectivity index (χ4v) is 1.79. The molecule has 0 aromatic carbocycles. The van der Waals surface area contributed by atoms with E-state index in [1.54, 1.807) is 14.0 Å². The number of urea groups is 1. The van der Waals surface area contributed by atoms with Crippen molar-refractivity contribution in [1.82, 2.24) is 15.1 Å². The first-order valence-corrected chi connectivity index (χ1v) is 6.81. The minimum absolute atomic E-state index is 0.102. The number of aliphatic hydroxyl groups is 1. The normalized spacial score (nSPS) is 18.4. The molecule has 1 unspecified atom stereocenters. The van der Waals surface area contributed by atoms with Gasteiger partial charge in [0.15, 0.2) is 0 Å². The van der Waals surface area contributed by atoms with Crippen LogP contribution in [0.1, 0.15) is 33.1 Å².